The largest absolute Gasteiger partial charge is 0.548 e. The summed E-state index contributed by atoms with van der Waals surface area (Å²) in [6, 6.07) is 7.30. The Hall–Kier alpha value is -1.75. The lowest BCUT2D eigenvalue weighted by Crippen LogP contribution is -2.35. The van der Waals surface area contributed by atoms with Crippen LogP contribution in [0.3, 0.4) is 0 Å². The fourth-order valence-corrected chi connectivity index (χ4v) is 1.42. The average molecular weight is 223 g/mol. The van der Waals surface area contributed by atoms with Crippen molar-refractivity contribution < 1.29 is 24.1 Å². The Kier molecular flexibility index (Phi) is 3.26. The molecule has 1 aromatic rings. The van der Waals surface area contributed by atoms with Gasteiger partial charge in [0.1, 0.15) is 6.61 Å². The molecule has 0 aromatic heterocycles. The van der Waals surface area contributed by atoms with Gasteiger partial charge in [-0.1, -0.05) is 12.1 Å². The van der Waals surface area contributed by atoms with E-state index in [1.807, 2.05) is 18.2 Å². The van der Waals surface area contributed by atoms with E-state index in [0.29, 0.717) is 18.1 Å². The minimum atomic E-state index is -1.24. The molecule has 0 radical (unpaired) electrons. The van der Waals surface area contributed by atoms with Crippen LogP contribution in [0.15, 0.2) is 24.3 Å². The van der Waals surface area contributed by atoms with Gasteiger partial charge in [-0.3, -0.25) is 0 Å². The van der Waals surface area contributed by atoms with Crippen LogP contribution in [0.1, 0.15) is 0 Å². The number of carboxylic acids is 1. The van der Waals surface area contributed by atoms with Crippen molar-refractivity contribution in [2.45, 2.75) is 6.10 Å². The molecule has 1 atom stereocenters. The standard InChI is InChI=1S/C11H12O5/c12-11(13)7-14-5-8-6-15-9-3-1-2-4-10(9)16-8/h1-4,8H,5-7H2,(H,12,13)/p-1/t8-/m1/s1. The minimum Gasteiger partial charge on any atom is -0.548 e. The Morgan fingerprint density at radius 2 is 2.19 bits per heavy atom. The number of carboxylic acid groups (broad SMARTS) is 1. The zero-order chi connectivity index (χ0) is 11.4. The number of ether oxygens (including phenoxy) is 3. The molecule has 0 N–H and O–H groups in total. The van der Waals surface area contributed by atoms with Crippen LogP contribution in [-0.2, 0) is 9.53 Å². The van der Waals surface area contributed by atoms with Gasteiger partial charge < -0.3 is 24.1 Å². The van der Waals surface area contributed by atoms with Gasteiger partial charge in [-0.15, -0.1) is 0 Å². The second kappa shape index (κ2) is 4.85. The van der Waals surface area contributed by atoms with Gasteiger partial charge in [0.05, 0.1) is 19.2 Å². The number of benzene rings is 1. The Balaban J connectivity index is 1.86. The minimum absolute atomic E-state index is 0.169. The van der Waals surface area contributed by atoms with Gasteiger partial charge in [-0.25, -0.2) is 0 Å². The second-order valence-corrected chi connectivity index (χ2v) is 3.38. The fraction of sp³-hybridized carbons (Fsp3) is 0.364. The molecule has 86 valence electrons. The number of hydrogen-bond acceptors (Lipinski definition) is 5. The molecule has 0 unspecified atom stereocenters. The number of rotatable bonds is 4. The summed E-state index contributed by atoms with van der Waals surface area (Å²) in [5.74, 6) is 0.103. The lowest BCUT2D eigenvalue weighted by Gasteiger charge is -2.26. The average Bonchev–Trinajstić information content (AvgIpc) is 2.28. The molecule has 2 rings (SSSR count). The van der Waals surface area contributed by atoms with Crippen molar-refractivity contribution in [3.8, 4) is 11.5 Å². The summed E-state index contributed by atoms with van der Waals surface area (Å²) in [6.07, 6.45) is -0.283. The highest BCUT2D eigenvalue weighted by molar-refractivity contribution is 5.65. The quantitative estimate of drug-likeness (QED) is 0.694. The van der Waals surface area contributed by atoms with E-state index in [1.54, 1.807) is 6.07 Å². The van der Waals surface area contributed by atoms with Crippen molar-refractivity contribution in [3.63, 3.8) is 0 Å². The second-order valence-electron chi connectivity index (χ2n) is 3.38. The predicted molar refractivity (Wildman–Crippen MR) is 52.2 cm³/mol. The third-order valence-electron chi connectivity index (χ3n) is 2.09. The first-order valence-electron chi connectivity index (χ1n) is 4.92. The lowest BCUT2D eigenvalue weighted by atomic mass is 10.3. The van der Waals surface area contributed by atoms with Crippen LogP contribution in [-0.4, -0.2) is 31.9 Å². The van der Waals surface area contributed by atoms with E-state index in [9.17, 15) is 9.90 Å². The Bertz CT molecular complexity index is 376. The number of hydrogen-bond donors (Lipinski definition) is 0. The highest BCUT2D eigenvalue weighted by atomic mass is 16.6. The molecule has 0 bridgehead atoms. The maximum absolute atomic E-state index is 10.1. The van der Waals surface area contributed by atoms with Gasteiger partial charge >= 0.3 is 0 Å². The molecule has 1 aromatic carbocycles. The van der Waals surface area contributed by atoms with Crippen LogP contribution in [0.25, 0.3) is 0 Å². The predicted octanol–water partition coefficient (Wildman–Crippen LogP) is -0.407. The molecular formula is C11H11O5-. The lowest BCUT2D eigenvalue weighted by molar-refractivity contribution is -0.309. The first-order valence-corrected chi connectivity index (χ1v) is 4.92. The van der Waals surface area contributed by atoms with Gasteiger partial charge in [-0.2, -0.15) is 0 Å². The maximum atomic E-state index is 10.1. The van der Waals surface area contributed by atoms with Crippen LogP contribution in [0.2, 0.25) is 0 Å². The molecular weight excluding hydrogens is 212 g/mol. The van der Waals surface area contributed by atoms with Crippen molar-refractivity contribution in [1.29, 1.82) is 0 Å². The molecule has 1 aliphatic rings. The molecule has 0 amide bonds. The third kappa shape index (κ3) is 2.64. The Morgan fingerprint density at radius 1 is 1.44 bits per heavy atom. The summed E-state index contributed by atoms with van der Waals surface area (Å²) in [5.41, 5.74) is 0. The number of para-hydroxylation sites is 2. The topological polar surface area (TPSA) is 67.8 Å². The summed E-state index contributed by atoms with van der Waals surface area (Å²) in [4.78, 5) is 10.1. The highest BCUT2D eigenvalue weighted by Crippen LogP contribution is 2.30. The van der Waals surface area contributed by atoms with Crippen LogP contribution in [0, 0.1) is 0 Å². The van der Waals surface area contributed by atoms with E-state index >= 15 is 0 Å². The number of aliphatic carboxylic acids is 1. The summed E-state index contributed by atoms with van der Waals surface area (Å²) >= 11 is 0. The van der Waals surface area contributed by atoms with E-state index < -0.39 is 12.6 Å². The number of carbonyl (C=O) groups excluding carboxylic acids is 1. The fourth-order valence-electron chi connectivity index (χ4n) is 1.42. The number of fused-ring (bicyclic) bond motifs is 1. The SMILES string of the molecule is O=C([O-])COC[C@@H]1COc2ccccc2O1. The molecule has 5 nitrogen and oxygen atoms in total. The normalized spacial score (nSPS) is 18.1. The molecule has 5 heteroatoms. The molecule has 16 heavy (non-hydrogen) atoms. The summed E-state index contributed by atoms with van der Waals surface area (Å²) in [6.45, 7) is 0.0912. The van der Waals surface area contributed by atoms with Crippen molar-refractivity contribution >= 4 is 5.97 Å². The van der Waals surface area contributed by atoms with Crippen molar-refractivity contribution in [2.24, 2.45) is 0 Å². The van der Waals surface area contributed by atoms with E-state index in [0.717, 1.165) is 0 Å². The van der Waals surface area contributed by atoms with E-state index in [1.165, 1.54) is 0 Å². The Labute approximate surface area is 92.5 Å². The van der Waals surface area contributed by atoms with Crippen LogP contribution in [0.4, 0.5) is 0 Å². The number of carbonyl (C=O) groups is 1. The first-order chi connectivity index (χ1) is 7.75. The molecule has 1 heterocycles. The van der Waals surface area contributed by atoms with Crippen molar-refractivity contribution in [3.05, 3.63) is 24.3 Å². The van der Waals surface area contributed by atoms with Gasteiger partial charge in [0.2, 0.25) is 0 Å². The maximum Gasteiger partial charge on any atom is 0.161 e. The smallest absolute Gasteiger partial charge is 0.161 e. The third-order valence-corrected chi connectivity index (χ3v) is 2.09. The van der Waals surface area contributed by atoms with Gasteiger partial charge in [0.15, 0.2) is 17.6 Å². The summed E-state index contributed by atoms with van der Waals surface area (Å²) in [7, 11) is 0. The molecule has 1 aliphatic heterocycles. The van der Waals surface area contributed by atoms with Crippen LogP contribution in [0.5, 0.6) is 11.5 Å². The first kappa shape index (κ1) is 10.8. The van der Waals surface area contributed by atoms with Crippen LogP contribution >= 0.6 is 0 Å². The summed E-state index contributed by atoms with van der Waals surface area (Å²) < 4.78 is 15.9. The van der Waals surface area contributed by atoms with Crippen LogP contribution < -0.4 is 14.6 Å². The van der Waals surface area contributed by atoms with Crippen molar-refractivity contribution in [2.75, 3.05) is 19.8 Å². The molecule has 0 spiro atoms. The molecule has 0 saturated carbocycles. The monoisotopic (exact) mass is 223 g/mol. The molecule has 0 aliphatic carbocycles. The van der Waals surface area contributed by atoms with Crippen molar-refractivity contribution in [1.82, 2.24) is 0 Å². The van der Waals surface area contributed by atoms with Gasteiger partial charge in [0.25, 0.3) is 0 Å². The zero-order valence-electron chi connectivity index (χ0n) is 8.55. The van der Waals surface area contributed by atoms with E-state index in [4.69, 9.17) is 14.2 Å². The summed E-state index contributed by atoms with van der Waals surface area (Å²) in [5, 5.41) is 10.1. The van der Waals surface area contributed by atoms with Gasteiger partial charge in [-0.05, 0) is 12.1 Å². The highest BCUT2D eigenvalue weighted by Gasteiger charge is 2.20. The van der Waals surface area contributed by atoms with Gasteiger partial charge in [0, 0.05) is 0 Å². The van der Waals surface area contributed by atoms with E-state index in [2.05, 4.69) is 0 Å². The molecule has 0 saturated heterocycles. The zero-order valence-corrected chi connectivity index (χ0v) is 8.55. The van der Waals surface area contributed by atoms with E-state index in [-0.39, 0.29) is 12.7 Å². The molecule has 0 fully saturated rings. The Morgan fingerprint density at radius 3 is 2.94 bits per heavy atom.